The van der Waals surface area contributed by atoms with E-state index in [9.17, 15) is 9.90 Å². The molecule has 3 aliphatic rings. The molecule has 0 radical (unpaired) electrons. The molecule has 10 heteroatoms. The summed E-state index contributed by atoms with van der Waals surface area (Å²) in [4.78, 5) is 29.3. The first-order valence-electron chi connectivity index (χ1n) is 13.4. The van der Waals surface area contributed by atoms with Gasteiger partial charge in [0.25, 0.3) is 0 Å². The lowest BCUT2D eigenvalue weighted by atomic mass is 10.1. The zero-order valence-corrected chi connectivity index (χ0v) is 21.6. The molecule has 200 valence electrons. The maximum Gasteiger partial charge on any atom is 0.317 e. The zero-order valence-electron chi connectivity index (χ0n) is 21.6. The van der Waals surface area contributed by atoms with E-state index >= 15 is 0 Å². The quantitative estimate of drug-likeness (QED) is 0.282. The Morgan fingerprint density at radius 1 is 1.03 bits per heavy atom. The van der Waals surface area contributed by atoms with Gasteiger partial charge in [-0.1, -0.05) is 18.6 Å². The number of hydrogen-bond donors (Lipinski definition) is 4. The van der Waals surface area contributed by atoms with Crippen molar-refractivity contribution in [3.05, 3.63) is 60.6 Å². The molecule has 38 heavy (non-hydrogen) atoms. The first-order chi connectivity index (χ1) is 18.6. The van der Waals surface area contributed by atoms with Crippen molar-refractivity contribution in [3.63, 3.8) is 0 Å². The first-order valence-corrected chi connectivity index (χ1v) is 13.4. The van der Waals surface area contributed by atoms with Crippen molar-refractivity contribution in [2.24, 2.45) is 5.73 Å². The minimum absolute atomic E-state index is 0.141. The maximum absolute atomic E-state index is 11.3. The molecular formula is C28H36N8O2. The summed E-state index contributed by atoms with van der Waals surface area (Å²) in [6.45, 7) is 4.13. The van der Waals surface area contributed by atoms with Crippen LogP contribution in [-0.2, 0) is 11.3 Å². The second-order valence-electron chi connectivity index (χ2n) is 10.1. The highest BCUT2D eigenvalue weighted by molar-refractivity contribution is 5.69. The van der Waals surface area contributed by atoms with Crippen molar-refractivity contribution < 1.29 is 9.90 Å². The van der Waals surface area contributed by atoms with E-state index in [0.29, 0.717) is 24.6 Å². The van der Waals surface area contributed by atoms with Gasteiger partial charge >= 0.3 is 5.97 Å². The highest BCUT2D eigenvalue weighted by atomic mass is 16.4. The van der Waals surface area contributed by atoms with Gasteiger partial charge in [-0.15, -0.1) is 0 Å². The molecule has 6 rings (SSSR count). The molecule has 3 aliphatic heterocycles. The number of hydrogen-bond acceptors (Lipinski definition) is 9. The number of fused-ring (bicyclic) bond motifs is 4. The molecule has 0 spiro atoms. The lowest BCUT2D eigenvalue weighted by Crippen LogP contribution is -2.56. The Hall–Kier alpha value is -3.60. The number of nitrogens with zero attached hydrogens (tertiary/aromatic N) is 5. The van der Waals surface area contributed by atoms with E-state index in [1.54, 1.807) is 6.20 Å². The van der Waals surface area contributed by atoms with E-state index in [1.165, 1.54) is 5.56 Å². The lowest BCUT2D eigenvalue weighted by molar-refractivity contribution is -0.140. The third kappa shape index (κ3) is 6.63. The number of carboxylic acid groups (broad SMARTS) is 1. The molecule has 2 atom stereocenters. The summed E-state index contributed by atoms with van der Waals surface area (Å²) in [7, 11) is 0. The number of aliphatic carboxylic acids is 1. The Morgan fingerprint density at radius 3 is 2.61 bits per heavy atom. The number of aromatic nitrogens is 3. The van der Waals surface area contributed by atoms with Gasteiger partial charge in [0, 0.05) is 68.1 Å². The second-order valence-corrected chi connectivity index (χ2v) is 10.1. The van der Waals surface area contributed by atoms with Gasteiger partial charge in [-0.25, -0.2) is 15.0 Å². The molecule has 3 aromatic rings. The molecule has 1 aromatic carbocycles. The predicted octanol–water partition coefficient (Wildman–Crippen LogP) is 3.17. The van der Waals surface area contributed by atoms with Crippen LogP contribution in [-0.4, -0.2) is 80.6 Å². The molecule has 0 aliphatic carbocycles. The van der Waals surface area contributed by atoms with Gasteiger partial charge < -0.3 is 21.5 Å². The summed E-state index contributed by atoms with van der Waals surface area (Å²) in [5, 5.41) is 15.9. The number of carbonyl (C=O) groups is 1. The average Bonchev–Trinajstić information content (AvgIpc) is 3.23. The topological polar surface area (TPSA) is 133 Å². The average molecular weight is 517 g/mol. The highest BCUT2D eigenvalue weighted by Gasteiger charge is 2.37. The van der Waals surface area contributed by atoms with Gasteiger partial charge in [-0.2, -0.15) is 0 Å². The molecule has 3 fully saturated rings. The fourth-order valence-electron chi connectivity index (χ4n) is 5.45. The van der Waals surface area contributed by atoms with Crippen LogP contribution in [0.4, 0.5) is 17.5 Å². The van der Waals surface area contributed by atoms with Gasteiger partial charge in [-0.05, 0) is 61.2 Å². The standard InChI is InChI=1S/C28H36N8O2/c29-9-3-10-31-28-32-14-22(15-33-28)21-8-11-30-26(13-21)34-23-5-1-4-20(12-23)16-35-17-25-7-2-6-24(35)18-36(25)19-27(37)38/h1,4-5,8,11-15,24-25H,2-3,6-7,9-10,16-19,29H2,(H,30,34)(H,37,38)(H,31,32,33). The van der Waals surface area contributed by atoms with Crippen LogP contribution in [0, 0.1) is 0 Å². The fraction of sp³-hybridized carbons (Fsp3) is 0.429. The van der Waals surface area contributed by atoms with Crippen LogP contribution < -0.4 is 16.4 Å². The second kappa shape index (κ2) is 12.3. The van der Waals surface area contributed by atoms with E-state index in [0.717, 1.165) is 74.5 Å². The highest BCUT2D eigenvalue weighted by Crippen LogP contribution is 2.29. The van der Waals surface area contributed by atoms with Gasteiger partial charge in [0.1, 0.15) is 5.82 Å². The van der Waals surface area contributed by atoms with Crippen LogP contribution in [0.1, 0.15) is 31.2 Å². The van der Waals surface area contributed by atoms with Crippen LogP contribution in [0.2, 0.25) is 0 Å². The Kier molecular flexibility index (Phi) is 8.42. The van der Waals surface area contributed by atoms with E-state index in [-0.39, 0.29) is 6.54 Å². The van der Waals surface area contributed by atoms with Crippen molar-refractivity contribution in [1.82, 2.24) is 24.8 Å². The molecule has 5 heterocycles. The Balaban J connectivity index is 1.22. The normalized spacial score (nSPS) is 19.7. The van der Waals surface area contributed by atoms with Crippen molar-refractivity contribution in [2.75, 3.05) is 43.4 Å². The van der Waals surface area contributed by atoms with Crippen LogP contribution in [0.15, 0.2) is 55.0 Å². The summed E-state index contributed by atoms with van der Waals surface area (Å²) in [5.74, 6) is 0.613. The molecule has 2 unspecified atom stereocenters. The molecule has 10 nitrogen and oxygen atoms in total. The maximum atomic E-state index is 11.3. The summed E-state index contributed by atoms with van der Waals surface area (Å²) in [6, 6.07) is 13.1. The van der Waals surface area contributed by atoms with E-state index in [4.69, 9.17) is 5.73 Å². The Bertz CT molecular complexity index is 1220. The first kappa shape index (κ1) is 26.0. The summed E-state index contributed by atoms with van der Waals surface area (Å²) in [6.07, 6.45) is 9.62. The number of pyridine rings is 1. The van der Waals surface area contributed by atoms with Gasteiger partial charge in [0.05, 0.1) is 6.54 Å². The van der Waals surface area contributed by atoms with Crippen LogP contribution in [0.3, 0.4) is 0 Å². The molecule has 2 bridgehead atoms. The van der Waals surface area contributed by atoms with E-state index in [1.807, 2.05) is 30.6 Å². The molecular weight excluding hydrogens is 480 g/mol. The largest absolute Gasteiger partial charge is 0.480 e. The number of nitrogens with two attached hydrogens (primary N) is 1. The molecule has 0 saturated carbocycles. The summed E-state index contributed by atoms with van der Waals surface area (Å²) < 4.78 is 0. The van der Waals surface area contributed by atoms with Crippen molar-refractivity contribution in [3.8, 4) is 11.1 Å². The lowest BCUT2D eigenvalue weighted by Gasteiger charge is -2.43. The molecule has 2 aromatic heterocycles. The Morgan fingerprint density at radius 2 is 1.82 bits per heavy atom. The van der Waals surface area contributed by atoms with Crippen molar-refractivity contribution in [2.45, 2.75) is 44.3 Å². The SMILES string of the molecule is NCCCNc1ncc(-c2ccnc(Nc3cccc(CN4CC5CCCC4CN5CC(=O)O)c3)c2)cn1. The molecule has 0 amide bonds. The van der Waals surface area contributed by atoms with Crippen LogP contribution in [0.5, 0.6) is 0 Å². The number of carboxylic acids is 1. The summed E-state index contributed by atoms with van der Waals surface area (Å²) in [5.41, 5.74) is 9.65. The van der Waals surface area contributed by atoms with Gasteiger partial charge in [0.15, 0.2) is 0 Å². The number of nitrogens with one attached hydrogen (secondary N) is 2. The monoisotopic (exact) mass is 516 g/mol. The van der Waals surface area contributed by atoms with Crippen LogP contribution >= 0.6 is 0 Å². The minimum atomic E-state index is -0.736. The Labute approximate surface area is 223 Å². The van der Waals surface area contributed by atoms with Crippen LogP contribution in [0.25, 0.3) is 11.1 Å². The predicted molar refractivity (Wildman–Crippen MR) is 148 cm³/mol. The van der Waals surface area contributed by atoms with Gasteiger partial charge in [-0.3, -0.25) is 14.6 Å². The fourth-order valence-corrected chi connectivity index (χ4v) is 5.45. The van der Waals surface area contributed by atoms with E-state index < -0.39 is 5.97 Å². The summed E-state index contributed by atoms with van der Waals surface area (Å²) >= 11 is 0. The van der Waals surface area contributed by atoms with E-state index in [2.05, 4.69) is 53.6 Å². The number of anilines is 3. The zero-order chi connectivity index (χ0) is 26.3. The number of piperazine rings is 1. The third-order valence-corrected chi connectivity index (χ3v) is 7.33. The molecule has 3 saturated heterocycles. The van der Waals surface area contributed by atoms with Gasteiger partial charge in [0.2, 0.25) is 5.95 Å². The third-order valence-electron chi connectivity index (χ3n) is 7.33. The smallest absolute Gasteiger partial charge is 0.317 e. The number of rotatable bonds is 11. The number of benzene rings is 1. The van der Waals surface area contributed by atoms with Crippen molar-refractivity contribution in [1.29, 1.82) is 0 Å². The molecule has 5 N–H and O–H groups in total. The van der Waals surface area contributed by atoms with Crippen molar-refractivity contribution >= 4 is 23.4 Å². The minimum Gasteiger partial charge on any atom is -0.480 e.